The number of benzene rings is 3. The average Bonchev–Trinajstić information content (AvgIpc) is 3.28. The van der Waals surface area contributed by atoms with Crippen molar-refractivity contribution in [3.8, 4) is 0 Å². The number of amides is 1. The number of likely N-dealkylation sites (tertiary alicyclic amines) is 1. The molecule has 1 amide bonds. The largest absolute Gasteiger partial charge is 0.390 e. The van der Waals surface area contributed by atoms with Crippen molar-refractivity contribution in [1.29, 1.82) is 0 Å². The van der Waals surface area contributed by atoms with Gasteiger partial charge in [-0.2, -0.15) is 0 Å². The Labute approximate surface area is 211 Å². The molecule has 1 spiro atoms. The number of carbonyl (C=O) groups is 1. The van der Waals surface area contributed by atoms with E-state index in [0.29, 0.717) is 19.1 Å². The van der Waals surface area contributed by atoms with Gasteiger partial charge in [-0.1, -0.05) is 36.4 Å². The van der Waals surface area contributed by atoms with Gasteiger partial charge in [-0.3, -0.25) is 9.69 Å². The minimum absolute atomic E-state index is 0.0398. The van der Waals surface area contributed by atoms with Crippen LogP contribution < -0.4 is 10.6 Å². The number of β-amino-alcohol motifs (C(OH)–C–C–N with tert-alkyl or cyclic N) is 1. The van der Waals surface area contributed by atoms with Gasteiger partial charge in [-0.25, -0.2) is 4.39 Å². The molecule has 0 aromatic heterocycles. The van der Waals surface area contributed by atoms with E-state index >= 15 is 0 Å². The summed E-state index contributed by atoms with van der Waals surface area (Å²) in [5.41, 5.74) is 8.57. The van der Waals surface area contributed by atoms with Crippen LogP contribution in [0, 0.1) is 5.82 Å². The van der Waals surface area contributed by atoms with Crippen molar-refractivity contribution in [3.05, 3.63) is 77.6 Å². The van der Waals surface area contributed by atoms with E-state index in [4.69, 9.17) is 5.73 Å². The predicted octanol–water partition coefficient (Wildman–Crippen LogP) is 3.43. The van der Waals surface area contributed by atoms with Crippen LogP contribution in [-0.2, 0) is 11.2 Å². The van der Waals surface area contributed by atoms with Crippen molar-refractivity contribution in [1.82, 2.24) is 9.80 Å². The van der Waals surface area contributed by atoms with Crippen LogP contribution in [-0.4, -0.2) is 65.3 Å². The fourth-order valence-corrected chi connectivity index (χ4v) is 6.68. The normalized spacial score (nSPS) is 25.2. The molecule has 2 heterocycles. The first-order valence-corrected chi connectivity index (χ1v) is 13.0. The maximum Gasteiger partial charge on any atom is 0.250 e. The molecule has 3 aromatic carbocycles. The van der Waals surface area contributed by atoms with E-state index in [2.05, 4.69) is 46.2 Å². The summed E-state index contributed by atoms with van der Waals surface area (Å²) in [6, 6.07) is 19.9. The molecule has 7 heteroatoms. The highest BCUT2D eigenvalue weighted by atomic mass is 19.1. The molecule has 6 rings (SSSR count). The number of nitrogens with zero attached hydrogens (tertiary/aromatic N) is 3. The zero-order valence-corrected chi connectivity index (χ0v) is 20.4. The number of halogens is 1. The Morgan fingerprint density at radius 1 is 1.06 bits per heavy atom. The van der Waals surface area contributed by atoms with Gasteiger partial charge in [0.05, 0.1) is 12.8 Å². The Morgan fingerprint density at radius 3 is 2.61 bits per heavy atom. The van der Waals surface area contributed by atoms with Crippen LogP contribution in [0.5, 0.6) is 0 Å². The lowest BCUT2D eigenvalue weighted by atomic mass is 9.88. The Kier molecular flexibility index (Phi) is 5.94. The van der Waals surface area contributed by atoms with Gasteiger partial charge in [0.1, 0.15) is 11.4 Å². The van der Waals surface area contributed by atoms with E-state index in [9.17, 15) is 14.3 Å². The van der Waals surface area contributed by atoms with E-state index in [0.717, 1.165) is 38.0 Å². The fourth-order valence-electron chi connectivity index (χ4n) is 6.68. The van der Waals surface area contributed by atoms with Crippen LogP contribution in [0.4, 0.5) is 10.1 Å². The molecule has 188 valence electrons. The van der Waals surface area contributed by atoms with Crippen LogP contribution in [0.3, 0.4) is 0 Å². The molecule has 2 aliphatic heterocycles. The summed E-state index contributed by atoms with van der Waals surface area (Å²) in [6.45, 7) is 2.40. The highest BCUT2D eigenvalue weighted by molar-refractivity contribution is 5.94. The molecule has 3 aliphatic rings. The third kappa shape index (κ3) is 3.77. The number of carbonyl (C=O) groups excluding carboxylic acids is 1. The highest BCUT2D eigenvalue weighted by Crippen LogP contribution is 2.44. The highest BCUT2D eigenvalue weighted by Gasteiger charge is 2.53. The molecule has 6 nitrogen and oxygen atoms in total. The van der Waals surface area contributed by atoms with Crippen LogP contribution in [0.2, 0.25) is 0 Å². The molecule has 3 N–H and O–H groups in total. The van der Waals surface area contributed by atoms with Crippen LogP contribution in [0.1, 0.15) is 36.4 Å². The lowest BCUT2D eigenvalue weighted by Crippen LogP contribution is -2.50. The summed E-state index contributed by atoms with van der Waals surface area (Å²) < 4.78 is 13.7. The lowest BCUT2D eigenvalue weighted by molar-refractivity contribution is -0.133. The summed E-state index contributed by atoms with van der Waals surface area (Å²) in [5, 5.41) is 12.9. The second kappa shape index (κ2) is 9.14. The van der Waals surface area contributed by atoms with Gasteiger partial charge in [-0.15, -0.1) is 0 Å². The molecule has 2 saturated heterocycles. The summed E-state index contributed by atoms with van der Waals surface area (Å²) >= 11 is 0. The van der Waals surface area contributed by atoms with E-state index in [1.165, 1.54) is 34.0 Å². The van der Waals surface area contributed by atoms with E-state index in [1.54, 1.807) is 17.0 Å². The van der Waals surface area contributed by atoms with Crippen LogP contribution >= 0.6 is 0 Å². The minimum atomic E-state index is -0.765. The third-order valence-electron chi connectivity index (χ3n) is 8.44. The van der Waals surface area contributed by atoms with Crippen molar-refractivity contribution in [2.45, 2.75) is 43.4 Å². The van der Waals surface area contributed by atoms with E-state index < -0.39 is 11.6 Å². The van der Waals surface area contributed by atoms with Crippen molar-refractivity contribution in [2.24, 2.45) is 5.73 Å². The van der Waals surface area contributed by atoms with Gasteiger partial charge in [0, 0.05) is 31.4 Å². The standard InChI is InChI=1S/C29H33FN4O2/c30-22-8-10-23(11-9-22)34-19-33(18-24(35)17-31)28(36)29(34)12-3-14-32(15-13-29)26-16-21-6-1-4-20-5-2-7-25(26)27(20)21/h1-2,4-11,24,26,35H,3,12-19,31H2/t24-,26?,29-/m1/s1. The number of nitrogens with two attached hydrogens (primary N) is 1. The minimum Gasteiger partial charge on any atom is -0.390 e. The topological polar surface area (TPSA) is 73.0 Å². The van der Waals surface area contributed by atoms with Crippen molar-refractivity contribution < 1.29 is 14.3 Å². The number of aliphatic hydroxyl groups is 1. The molecule has 3 aromatic rings. The monoisotopic (exact) mass is 488 g/mol. The first kappa shape index (κ1) is 23.4. The molecule has 3 atom stereocenters. The molecule has 1 unspecified atom stereocenters. The Morgan fingerprint density at radius 2 is 1.83 bits per heavy atom. The van der Waals surface area contributed by atoms with Gasteiger partial charge in [0.2, 0.25) is 5.91 Å². The van der Waals surface area contributed by atoms with Crippen molar-refractivity contribution in [3.63, 3.8) is 0 Å². The first-order chi connectivity index (χ1) is 17.5. The molecule has 0 bridgehead atoms. The summed E-state index contributed by atoms with van der Waals surface area (Å²) in [5.74, 6) is -0.256. The average molecular weight is 489 g/mol. The quantitative estimate of drug-likeness (QED) is 0.576. The second-order valence-electron chi connectivity index (χ2n) is 10.5. The van der Waals surface area contributed by atoms with E-state index in [-0.39, 0.29) is 24.8 Å². The second-order valence-corrected chi connectivity index (χ2v) is 10.5. The number of rotatable bonds is 5. The smallest absolute Gasteiger partial charge is 0.250 e. The molecular weight excluding hydrogens is 455 g/mol. The van der Waals surface area contributed by atoms with Crippen LogP contribution in [0.15, 0.2) is 60.7 Å². The predicted molar refractivity (Wildman–Crippen MR) is 139 cm³/mol. The summed E-state index contributed by atoms with van der Waals surface area (Å²) in [4.78, 5) is 20.3. The Hall–Kier alpha value is -3.00. The van der Waals surface area contributed by atoms with Crippen LogP contribution in [0.25, 0.3) is 10.8 Å². The summed E-state index contributed by atoms with van der Waals surface area (Å²) in [7, 11) is 0. The van der Waals surface area contributed by atoms with Gasteiger partial charge in [0.15, 0.2) is 0 Å². The zero-order valence-electron chi connectivity index (χ0n) is 20.4. The van der Waals surface area contributed by atoms with Crippen molar-refractivity contribution >= 4 is 22.4 Å². The third-order valence-corrected chi connectivity index (χ3v) is 8.44. The SMILES string of the molecule is NC[C@@H](O)CN1CN(c2ccc(F)cc2)[C@@]2(CCCN(C3Cc4cccc5cccc3c45)CC2)C1=O. The molecule has 36 heavy (non-hydrogen) atoms. The number of aliphatic hydroxyl groups excluding tert-OH is 1. The maximum atomic E-state index is 13.9. The molecule has 2 fully saturated rings. The Balaban J connectivity index is 1.30. The molecule has 0 saturated carbocycles. The van der Waals surface area contributed by atoms with Gasteiger partial charge in [0.25, 0.3) is 0 Å². The molecular formula is C29H33FN4O2. The number of hydrogen-bond donors (Lipinski definition) is 2. The zero-order chi connectivity index (χ0) is 24.9. The van der Waals surface area contributed by atoms with Crippen molar-refractivity contribution in [2.75, 3.05) is 37.7 Å². The number of anilines is 1. The molecule has 0 radical (unpaired) electrons. The van der Waals surface area contributed by atoms with Gasteiger partial charge >= 0.3 is 0 Å². The lowest BCUT2D eigenvalue weighted by Gasteiger charge is -2.36. The first-order valence-electron chi connectivity index (χ1n) is 13.0. The maximum absolute atomic E-state index is 13.9. The Bertz CT molecular complexity index is 1280. The van der Waals surface area contributed by atoms with E-state index in [1.807, 2.05) is 0 Å². The summed E-state index contributed by atoms with van der Waals surface area (Å²) in [6.07, 6.45) is 2.52. The molecule has 1 aliphatic carbocycles. The van der Waals surface area contributed by atoms with Gasteiger partial charge in [-0.05, 0) is 78.4 Å². The number of hydrogen-bond acceptors (Lipinski definition) is 5. The van der Waals surface area contributed by atoms with Gasteiger partial charge < -0.3 is 20.6 Å². The fraction of sp³-hybridized carbons (Fsp3) is 0.414.